The highest BCUT2D eigenvalue weighted by Crippen LogP contribution is 2.19. The van der Waals surface area contributed by atoms with Crippen molar-refractivity contribution in [3.63, 3.8) is 0 Å². The van der Waals surface area contributed by atoms with Crippen LogP contribution in [0.3, 0.4) is 0 Å². The first-order chi connectivity index (χ1) is 13.1. The Balaban J connectivity index is 1.43. The van der Waals surface area contributed by atoms with E-state index >= 15 is 0 Å². The van der Waals surface area contributed by atoms with Crippen LogP contribution in [0.25, 0.3) is 11.0 Å². The average Bonchev–Trinajstić information content (AvgIpc) is 3.10. The molecular formula is C18H21N5O3S. The number of aromatic nitrogens is 3. The van der Waals surface area contributed by atoms with Crippen molar-refractivity contribution in [1.82, 2.24) is 19.8 Å². The lowest BCUT2D eigenvalue weighted by Crippen LogP contribution is -2.31. The first-order valence-electron chi connectivity index (χ1n) is 8.98. The van der Waals surface area contributed by atoms with Crippen molar-refractivity contribution in [1.29, 1.82) is 0 Å². The molecule has 0 unspecified atom stereocenters. The monoisotopic (exact) mass is 387 g/mol. The molecule has 0 radical (unpaired) electrons. The first kappa shape index (κ1) is 17.9. The molecule has 4 rings (SSSR count). The molecule has 0 aliphatic carbocycles. The van der Waals surface area contributed by atoms with E-state index in [0.717, 1.165) is 25.9 Å². The molecule has 2 aromatic heterocycles. The van der Waals surface area contributed by atoms with Crippen LogP contribution in [0.1, 0.15) is 30.7 Å². The zero-order valence-electron chi connectivity index (χ0n) is 14.8. The van der Waals surface area contributed by atoms with Gasteiger partial charge in [-0.15, -0.1) is 0 Å². The Labute approximate surface area is 157 Å². The molecule has 1 aromatic carbocycles. The summed E-state index contributed by atoms with van der Waals surface area (Å²) >= 11 is 0. The molecule has 0 spiro atoms. The number of anilines is 1. The number of nitrogens with zero attached hydrogens (tertiary/aromatic N) is 4. The summed E-state index contributed by atoms with van der Waals surface area (Å²) in [5, 5.41) is 4.59. The largest absolute Gasteiger partial charge is 0.356 e. The van der Waals surface area contributed by atoms with Crippen LogP contribution in [0.2, 0.25) is 0 Å². The molecule has 0 amide bonds. The second-order valence-electron chi connectivity index (χ2n) is 6.60. The molecule has 1 fully saturated rings. The molecule has 8 nitrogen and oxygen atoms in total. The van der Waals surface area contributed by atoms with Crippen molar-refractivity contribution in [2.45, 2.75) is 31.6 Å². The Hall–Kier alpha value is -2.52. The number of para-hydroxylation sites is 1. The van der Waals surface area contributed by atoms with Crippen LogP contribution in [0.4, 0.5) is 5.95 Å². The third kappa shape index (κ3) is 4.25. The SMILES string of the molecule is O=S(=O)(Cc1noc2ccccc12)NCc1ccnc(N2CCCCC2)n1. The topological polar surface area (TPSA) is 101 Å². The molecule has 1 saturated heterocycles. The van der Waals surface area contributed by atoms with Gasteiger partial charge in [-0.25, -0.2) is 23.1 Å². The minimum Gasteiger partial charge on any atom is -0.356 e. The molecule has 1 aliphatic rings. The van der Waals surface area contributed by atoms with E-state index in [1.807, 2.05) is 12.1 Å². The standard InChI is InChI=1S/C18H21N5O3S/c24-27(25,13-16-15-6-2-3-7-17(15)26-22-16)20-12-14-8-9-19-18(21-14)23-10-4-1-5-11-23/h2-3,6-9,20H,1,4-5,10-13H2. The minimum atomic E-state index is -3.58. The quantitative estimate of drug-likeness (QED) is 0.692. The maximum Gasteiger partial charge on any atom is 0.225 e. The predicted molar refractivity (Wildman–Crippen MR) is 102 cm³/mol. The lowest BCUT2D eigenvalue weighted by Gasteiger charge is -2.26. The van der Waals surface area contributed by atoms with Crippen LogP contribution in [0.15, 0.2) is 41.1 Å². The Morgan fingerprint density at radius 1 is 1.11 bits per heavy atom. The fourth-order valence-corrected chi connectivity index (χ4v) is 4.22. The summed E-state index contributed by atoms with van der Waals surface area (Å²) in [6.45, 7) is 1.99. The third-order valence-electron chi connectivity index (χ3n) is 4.59. The van der Waals surface area contributed by atoms with Gasteiger partial charge in [0.2, 0.25) is 16.0 Å². The van der Waals surface area contributed by atoms with Crippen molar-refractivity contribution >= 4 is 26.9 Å². The Kier molecular flexibility index (Phi) is 5.04. The molecule has 142 valence electrons. The predicted octanol–water partition coefficient (Wildman–Crippen LogP) is 2.23. The molecular weight excluding hydrogens is 366 g/mol. The molecule has 3 heterocycles. The van der Waals surface area contributed by atoms with Crippen LogP contribution in [0, 0.1) is 0 Å². The average molecular weight is 387 g/mol. The van der Waals surface area contributed by atoms with E-state index in [-0.39, 0.29) is 12.3 Å². The summed E-state index contributed by atoms with van der Waals surface area (Å²) in [6, 6.07) is 8.92. The minimum absolute atomic E-state index is 0.113. The summed E-state index contributed by atoms with van der Waals surface area (Å²) in [5.74, 6) is 0.419. The number of nitrogens with one attached hydrogen (secondary N) is 1. The summed E-state index contributed by atoms with van der Waals surface area (Å²) in [5.41, 5.74) is 1.61. The van der Waals surface area contributed by atoms with Crippen molar-refractivity contribution < 1.29 is 12.9 Å². The normalized spacial score (nSPS) is 15.3. The van der Waals surface area contributed by atoms with Crippen LogP contribution in [0.5, 0.6) is 0 Å². The van der Waals surface area contributed by atoms with Crippen LogP contribution >= 0.6 is 0 Å². The number of hydrogen-bond acceptors (Lipinski definition) is 7. The Morgan fingerprint density at radius 3 is 2.78 bits per heavy atom. The van der Waals surface area contributed by atoms with Gasteiger partial charge in [0.25, 0.3) is 0 Å². The molecule has 27 heavy (non-hydrogen) atoms. The molecule has 1 N–H and O–H groups in total. The number of fused-ring (bicyclic) bond motifs is 1. The first-order valence-corrected chi connectivity index (χ1v) is 10.6. The fraction of sp³-hybridized carbons (Fsp3) is 0.389. The zero-order chi connectivity index (χ0) is 18.7. The second kappa shape index (κ2) is 7.61. The van der Waals surface area contributed by atoms with Crippen LogP contribution in [-0.4, -0.2) is 36.6 Å². The summed E-state index contributed by atoms with van der Waals surface area (Å²) < 4.78 is 32.7. The van der Waals surface area contributed by atoms with E-state index in [2.05, 4.69) is 24.7 Å². The number of piperidine rings is 1. The van der Waals surface area contributed by atoms with Gasteiger partial charge >= 0.3 is 0 Å². The third-order valence-corrected chi connectivity index (χ3v) is 5.83. The van der Waals surface area contributed by atoms with Gasteiger partial charge < -0.3 is 9.42 Å². The lowest BCUT2D eigenvalue weighted by molar-refractivity contribution is 0.448. The van der Waals surface area contributed by atoms with Crippen molar-refractivity contribution in [3.8, 4) is 0 Å². The second-order valence-corrected chi connectivity index (χ2v) is 8.41. The highest BCUT2D eigenvalue weighted by atomic mass is 32.2. The molecule has 3 aromatic rings. The highest BCUT2D eigenvalue weighted by molar-refractivity contribution is 7.88. The summed E-state index contributed by atoms with van der Waals surface area (Å²) in [4.78, 5) is 11.0. The van der Waals surface area contributed by atoms with Gasteiger partial charge in [0.1, 0.15) is 11.4 Å². The van der Waals surface area contributed by atoms with E-state index in [9.17, 15) is 8.42 Å². The van der Waals surface area contributed by atoms with Gasteiger partial charge in [0, 0.05) is 24.7 Å². The molecule has 9 heteroatoms. The van der Waals surface area contributed by atoms with Crippen LogP contribution < -0.4 is 9.62 Å². The summed E-state index contributed by atoms with van der Waals surface area (Å²) in [7, 11) is -3.58. The number of sulfonamides is 1. The van der Waals surface area contributed by atoms with Crippen molar-refractivity contribution in [2.75, 3.05) is 18.0 Å². The smallest absolute Gasteiger partial charge is 0.225 e. The molecule has 0 atom stereocenters. The fourth-order valence-electron chi connectivity index (χ4n) is 3.19. The maximum absolute atomic E-state index is 12.5. The molecule has 1 aliphatic heterocycles. The zero-order valence-corrected chi connectivity index (χ0v) is 15.7. The number of hydrogen-bond donors (Lipinski definition) is 1. The Morgan fingerprint density at radius 2 is 1.93 bits per heavy atom. The molecule has 0 bridgehead atoms. The van der Waals surface area contributed by atoms with E-state index in [4.69, 9.17) is 4.52 Å². The van der Waals surface area contributed by atoms with Crippen LogP contribution in [-0.2, 0) is 22.3 Å². The van der Waals surface area contributed by atoms with Gasteiger partial charge in [-0.05, 0) is 37.5 Å². The molecule has 0 saturated carbocycles. The van der Waals surface area contributed by atoms with E-state index in [1.165, 1.54) is 6.42 Å². The lowest BCUT2D eigenvalue weighted by atomic mass is 10.1. The van der Waals surface area contributed by atoms with Gasteiger partial charge in [-0.1, -0.05) is 17.3 Å². The number of rotatable bonds is 6. The van der Waals surface area contributed by atoms with Gasteiger partial charge in [-0.3, -0.25) is 0 Å². The van der Waals surface area contributed by atoms with E-state index in [1.54, 1.807) is 24.4 Å². The van der Waals surface area contributed by atoms with Gasteiger partial charge in [0.05, 0.1) is 12.2 Å². The van der Waals surface area contributed by atoms with E-state index < -0.39 is 10.0 Å². The van der Waals surface area contributed by atoms with Crippen molar-refractivity contribution in [3.05, 3.63) is 47.9 Å². The van der Waals surface area contributed by atoms with Crippen molar-refractivity contribution in [2.24, 2.45) is 0 Å². The van der Waals surface area contributed by atoms with Gasteiger partial charge in [-0.2, -0.15) is 0 Å². The summed E-state index contributed by atoms with van der Waals surface area (Å²) in [6.07, 6.45) is 5.16. The van der Waals surface area contributed by atoms with Gasteiger partial charge in [0.15, 0.2) is 5.58 Å². The number of benzene rings is 1. The highest BCUT2D eigenvalue weighted by Gasteiger charge is 2.18. The Bertz CT molecular complexity index is 1030. The van der Waals surface area contributed by atoms with E-state index in [0.29, 0.717) is 28.3 Å². The maximum atomic E-state index is 12.5.